The number of rotatable bonds is 3. The van der Waals surface area contributed by atoms with Gasteiger partial charge >= 0.3 is 0 Å². The minimum Gasteiger partial charge on any atom is -0.497 e. The number of aromatic nitrogens is 3. The summed E-state index contributed by atoms with van der Waals surface area (Å²) in [7, 11) is 1.71. The van der Waals surface area contributed by atoms with Crippen LogP contribution < -0.4 is 14.5 Å². The van der Waals surface area contributed by atoms with Gasteiger partial charge in [-0.05, 0) is 25.1 Å². The van der Waals surface area contributed by atoms with Crippen LogP contribution in [0.2, 0.25) is 0 Å². The van der Waals surface area contributed by atoms with Gasteiger partial charge in [-0.1, -0.05) is 24.3 Å². The summed E-state index contributed by atoms with van der Waals surface area (Å²) in [5, 5.41) is 1.14. The number of benzene rings is 2. The molecule has 0 amide bonds. The predicted molar refractivity (Wildman–Crippen MR) is 113 cm³/mol. The Balaban J connectivity index is 1.46. The SMILES string of the molecule is COc1cccc(N2CCN(c3ncnc4c3[nH]c3ccccc34)C[C@@H]2C)c1. The molecule has 6 heteroatoms. The van der Waals surface area contributed by atoms with E-state index in [0.717, 1.165) is 53.1 Å². The Morgan fingerprint density at radius 1 is 1.07 bits per heavy atom. The second-order valence-corrected chi connectivity index (χ2v) is 7.28. The molecule has 5 rings (SSSR count). The van der Waals surface area contributed by atoms with Crippen LogP contribution in [-0.2, 0) is 0 Å². The summed E-state index contributed by atoms with van der Waals surface area (Å²) >= 11 is 0. The fourth-order valence-corrected chi connectivity index (χ4v) is 4.19. The van der Waals surface area contributed by atoms with E-state index >= 15 is 0 Å². The number of anilines is 2. The van der Waals surface area contributed by atoms with Gasteiger partial charge in [-0.2, -0.15) is 0 Å². The van der Waals surface area contributed by atoms with Crippen LogP contribution in [0.1, 0.15) is 6.92 Å². The summed E-state index contributed by atoms with van der Waals surface area (Å²) in [6.07, 6.45) is 1.68. The van der Waals surface area contributed by atoms with Crippen molar-refractivity contribution >= 4 is 33.4 Å². The maximum absolute atomic E-state index is 5.39. The molecule has 1 saturated heterocycles. The first kappa shape index (κ1) is 16.9. The normalized spacial score (nSPS) is 17.4. The Labute approximate surface area is 163 Å². The van der Waals surface area contributed by atoms with Gasteiger partial charge in [0.15, 0.2) is 5.82 Å². The molecular formula is C22H23N5O. The highest BCUT2D eigenvalue weighted by atomic mass is 16.5. The Bertz CT molecular complexity index is 1140. The Kier molecular flexibility index (Phi) is 4.04. The van der Waals surface area contributed by atoms with Crippen molar-refractivity contribution in [2.24, 2.45) is 0 Å². The molecule has 2 aromatic carbocycles. The smallest absolute Gasteiger partial charge is 0.156 e. The summed E-state index contributed by atoms with van der Waals surface area (Å²) in [6.45, 7) is 5.00. The standard InChI is InChI=1S/C22H23N5O/c1-15-13-26(10-11-27(15)16-6-5-7-17(12-16)28-2)22-21-20(23-14-24-22)18-8-3-4-9-19(18)25-21/h3-9,12,14-15,25H,10-11,13H2,1-2H3/t15-/m0/s1. The Hall–Kier alpha value is -3.28. The quantitative estimate of drug-likeness (QED) is 0.591. The van der Waals surface area contributed by atoms with Crippen molar-refractivity contribution in [2.75, 3.05) is 36.5 Å². The molecule has 28 heavy (non-hydrogen) atoms. The van der Waals surface area contributed by atoms with Crippen LogP contribution in [0.15, 0.2) is 54.9 Å². The van der Waals surface area contributed by atoms with Crippen LogP contribution in [0, 0.1) is 0 Å². The van der Waals surface area contributed by atoms with Gasteiger partial charge < -0.3 is 19.5 Å². The van der Waals surface area contributed by atoms with E-state index in [1.807, 2.05) is 24.3 Å². The molecule has 1 aliphatic rings. The summed E-state index contributed by atoms with van der Waals surface area (Å²) in [4.78, 5) is 17.5. The third-order valence-electron chi connectivity index (χ3n) is 5.58. The second kappa shape index (κ2) is 6.71. The van der Waals surface area contributed by atoms with Gasteiger partial charge in [0.05, 0.1) is 7.11 Å². The minimum atomic E-state index is 0.357. The number of H-pyrrole nitrogens is 1. The number of aromatic amines is 1. The first-order valence-corrected chi connectivity index (χ1v) is 9.61. The summed E-state index contributed by atoms with van der Waals surface area (Å²) in [5.74, 6) is 1.88. The molecule has 1 fully saturated rings. The average Bonchev–Trinajstić information content (AvgIpc) is 3.12. The number of piperazine rings is 1. The molecular weight excluding hydrogens is 350 g/mol. The zero-order chi connectivity index (χ0) is 19.1. The van der Waals surface area contributed by atoms with Gasteiger partial charge in [-0.15, -0.1) is 0 Å². The van der Waals surface area contributed by atoms with Crippen molar-refractivity contribution in [1.82, 2.24) is 15.0 Å². The fraction of sp³-hybridized carbons (Fsp3) is 0.273. The number of para-hydroxylation sites is 1. The van der Waals surface area contributed by atoms with Crippen molar-refractivity contribution in [3.63, 3.8) is 0 Å². The van der Waals surface area contributed by atoms with E-state index in [2.05, 4.69) is 55.9 Å². The topological polar surface area (TPSA) is 57.3 Å². The first-order valence-electron chi connectivity index (χ1n) is 9.61. The molecule has 1 atom stereocenters. The molecule has 0 bridgehead atoms. The number of ether oxygens (including phenoxy) is 1. The molecule has 3 heterocycles. The van der Waals surface area contributed by atoms with Gasteiger partial charge in [-0.3, -0.25) is 0 Å². The average molecular weight is 373 g/mol. The van der Waals surface area contributed by atoms with Gasteiger partial charge in [-0.25, -0.2) is 9.97 Å². The fourth-order valence-electron chi connectivity index (χ4n) is 4.19. The van der Waals surface area contributed by atoms with Crippen molar-refractivity contribution in [3.05, 3.63) is 54.9 Å². The molecule has 0 unspecified atom stereocenters. The van der Waals surface area contributed by atoms with Crippen LogP contribution in [-0.4, -0.2) is 47.7 Å². The maximum Gasteiger partial charge on any atom is 0.156 e. The minimum absolute atomic E-state index is 0.357. The molecule has 142 valence electrons. The van der Waals surface area contributed by atoms with Gasteiger partial charge in [0.2, 0.25) is 0 Å². The van der Waals surface area contributed by atoms with Crippen molar-refractivity contribution in [3.8, 4) is 5.75 Å². The largest absolute Gasteiger partial charge is 0.497 e. The third kappa shape index (κ3) is 2.72. The molecule has 4 aromatic rings. The molecule has 1 N–H and O–H groups in total. The van der Waals surface area contributed by atoms with E-state index in [-0.39, 0.29) is 0 Å². The summed E-state index contributed by atoms with van der Waals surface area (Å²) < 4.78 is 5.39. The summed E-state index contributed by atoms with van der Waals surface area (Å²) in [5.41, 5.74) is 4.31. The van der Waals surface area contributed by atoms with E-state index in [0.29, 0.717) is 6.04 Å². The number of methoxy groups -OCH3 is 1. The van der Waals surface area contributed by atoms with Crippen molar-refractivity contribution in [2.45, 2.75) is 13.0 Å². The Morgan fingerprint density at radius 3 is 2.82 bits per heavy atom. The molecule has 0 radical (unpaired) electrons. The predicted octanol–water partition coefficient (Wildman–Crippen LogP) is 3.83. The lowest BCUT2D eigenvalue weighted by atomic mass is 10.1. The zero-order valence-electron chi connectivity index (χ0n) is 16.1. The van der Waals surface area contributed by atoms with Gasteiger partial charge in [0, 0.05) is 48.3 Å². The van der Waals surface area contributed by atoms with Crippen LogP contribution >= 0.6 is 0 Å². The van der Waals surface area contributed by atoms with E-state index in [9.17, 15) is 0 Å². The van der Waals surface area contributed by atoms with E-state index in [1.165, 1.54) is 5.69 Å². The van der Waals surface area contributed by atoms with Crippen LogP contribution in [0.5, 0.6) is 5.75 Å². The van der Waals surface area contributed by atoms with E-state index in [4.69, 9.17) is 4.74 Å². The number of nitrogens with one attached hydrogen (secondary N) is 1. The monoisotopic (exact) mass is 373 g/mol. The van der Waals surface area contributed by atoms with Gasteiger partial charge in [0.1, 0.15) is 23.1 Å². The van der Waals surface area contributed by atoms with Crippen LogP contribution in [0.25, 0.3) is 21.9 Å². The lowest BCUT2D eigenvalue weighted by molar-refractivity contribution is 0.414. The Morgan fingerprint density at radius 2 is 1.96 bits per heavy atom. The summed E-state index contributed by atoms with van der Waals surface area (Å²) in [6, 6.07) is 16.9. The number of hydrogen-bond donors (Lipinski definition) is 1. The molecule has 6 nitrogen and oxygen atoms in total. The second-order valence-electron chi connectivity index (χ2n) is 7.28. The molecule has 2 aromatic heterocycles. The highest BCUT2D eigenvalue weighted by Gasteiger charge is 2.26. The van der Waals surface area contributed by atoms with E-state index in [1.54, 1.807) is 13.4 Å². The number of nitrogens with zero attached hydrogens (tertiary/aromatic N) is 4. The molecule has 0 spiro atoms. The van der Waals surface area contributed by atoms with Gasteiger partial charge in [0.25, 0.3) is 0 Å². The maximum atomic E-state index is 5.39. The third-order valence-corrected chi connectivity index (χ3v) is 5.58. The molecule has 1 aliphatic heterocycles. The van der Waals surface area contributed by atoms with Crippen molar-refractivity contribution in [1.29, 1.82) is 0 Å². The lowest BCUT2D eigenvalue weighted by Gasteiger charge is -2.41. The highest BCUT2D eigenvalue weighted by molar-refractivity contribution is 6.08. The zero-order valence-corrected chi connectivity index (χ0v) is 16.1. The number of fused-ring (bicyclic) bond motifs is 3. The molecule has 0 saturated carbocycles. The van der Waals surface area contributed by atoms with Crippen LogP contribution in [0.3, 0.4) is 0 Å². The number of hydrogen-bond acceptors (Lipinski definition) is 5. The first-order chi connectivity index (χ1) is 13.7. The molecule has 0 aliphatic carbocycles. The van der Waals surface area contributed by atoms with E-state index < -0.39 is 0 Å². The lowest BCUT2D eigenvalue weighted by Crippen LogP contribution is -2.52. The van der Waals surface area contributed by atoms with Crippen LogP contribution in [0.4, 0.5) is 11.5 Å². The van der Waals surface area contributed by atoms with Crippen molar-refractivity contribution < 1.29 is 4.74 Å². The highest BCUT2D eigenvalue weighted by Crippen LogP contribution is 2.31.